The highest BCUT2D eigenvalue weighted by Crippen LogP contribution is 2.33. The molecule has 0 saturated carbocycles. The molecule has 214 valence electrons. The van der Waals surface area contributed by atoms with Crippen molar-refractivity contribution in [2.45, 2.75) is 0 Å². The Labute approximate surface area is 263 Å². The Balaban J connectivity index is 1.01. The Morgan fingerprint density at radius 3 is 1.80 bits per heavy atom. The van der Waals surface area contributed by atoms with Crippen LogP contribution in [0.2, 0.25) is 0 Å². The summed E-state index contributed by atoms with van der Waals surface area (Å²) < 4.78 is 0. The van der Waals surface area contributed by atoms with Gasteiger partial charge in [0.1, 0.15) is 18.3 Å². The first-order valence-electron chi connectivity index (χ1n) is 14.9. The van der Waals surface area contributed by atoms with E-state index in [0.29, 0.717) is 5.82 Å². The van der Waals surface area contributed by atoms with Crippen molar-refractivity contribution < 1.29 is 0 Å². The van der Waals surface area contributed by atoms with E-state index < -0.39 is 0 Å². The fraction of sp³-hybridized carbons (Fsp3) is 0. The topological polar surface area (TPSA) is 90.2 Å². The molecule has 7 heteroatoms. The zero-order valence-corrected chi connectivity index (χ0v) is 24.4. The molecule has 46 heavy (non-hydrogen) atoms. The highest BCUT2D eigenvalue weighted by molar-refractivity contribution is 6.08. The van der Waals surface area contributed by atoms with E-state index >= 15 is 0 Å². The lowest BCUT2D eigenvalue weighted by Gasteiger charge is -2.10. The van der Waals surface area contributed by atoms with Gasteiger partial charge in [-0.3, -0.25) is 9.97 Å². The van der Waals surface area contributed by atoms with Gasteiger partial charge in [0.15, 0.2) is 5.82 Å². The highest BCUT2D eigenvalue weighted by atomic mass is 15.0. The van der Waals surface area contributed by atoms with Gasteiger partial charge in [-0.05, 0) is 70.8 Å². The zero-order valence-electron chi connectivity index (χ0n) is 24.4. The number of nitrogens with zero attached hydrogens (tertiary/aromatic N) is 7. The van der Waals surface area contributed by atoms with E-state index in [4.69, 9.17) is 9.97 Å². The molecule has 0 aliphatic rings. The number of benzene rings is 4. The molecule has 0 spiro atoms. The minimum atomic E-state index is 0.562. The molecule has 9 rings (SSSR count). The Bertz CT molecular complexity index is 2580. The Morgan fingerprint density at radius 1 is 0.413 bits per heavy atom. The third-order valence-electron chi connectivity index (χ3n) is 8.41. The van der Waals surface area contributed by atoms with E-state index in [1.807, 2.05) is 30.6 Å². The summed E-state index contributed by atoms with van der Waals surface area (Å²) in [6.45, 7) is 0. The first-order chi connectivity index (χ1) is 22.8. The minimum Gasteiger partial charge on any atom is -0.254 e. The van der Waals surface area contributed by atoms with Crippen LogP contribution in [0.15, 0.2) is 140 Å². The van der Waals surface area contributed by atoms with Crippen LogP contribution in [0.4, 0.5) is 0 Å². The second-order valence-corrected chi connectivity index (χ2v) is 11.1. The van der Waals surface area contributed by atoms with Crippen molar-refractivity contribution in [3.8, 4) is 45.0 Å². The van der Waals surface area contributed by atoms with Crippen LogP contribution < -0.4 is 0 Å². The summed E-state index contributed by atoms with van der Waals surface area (Å²) in [6, 6.07) is 39.9. The maximum Gasteiger partial charge on any atom is 0.181 e. The molecule has 0 atom stereocenters. The van der Waals surface area contributed by atoms with E-state index in [0.717, 1.165) is 82.8 Å². The van der Waals surface area contributed by atoms with Gasteiger partial charge in [-0.1, -0.05) is 66.7 Å². The van der Waals surface area contributed by atoms with Crippen LogP contribution in [0.3, 0.4) is 0 Å². The molecule has 0 amide bonds. The number of pyridine rings is 4. The molecule has 5 heterocycles. The zero-order chi connectivity index (χ0) is 30.5. The van der Waals surface area contributed by atoms with Gasteiger partial charge in [-0.15, -0.1) is 0 Å². The number of fused-ring (bicyclic) bond motifs is 5. The Kier molecular flexibility index (Phi) is 5.99. The quantitative estimate of drug-likeness (QED) is 0.190. The first kappa shape index (κ1) is 26.0. The SMILES string of the molecule is c1cnc2c(c1)ccc1c(-c3ccc(-c4ccc5cc(-c6ccc7nc(-c8ncncn8)ccc7c6)ccc5n4)cc3)ccnc12. The van der Waals surface area contributed by atoms with Gasteiger partial charge in [-0.2, -0.15) is 0 Å². The highest BCUT2D eigenvalue weighted by Gasteiger charge is 2.11. The average molecular weight is 590 g/mol. The van der Waals surface area contributed by atoms with Crippen LogP contribution in [0, 0.1) is 0 Å². The van der Waals surface area contributed by atoms with Crippen molar-refractivity contribution in [2.75, 3.05) is 0 Å². The summed E-state index contributed by atoms with van der Waals surface area (Å²) in [5.74, 6) is 0.562. The van der Waals surface area contributed by atoms with Crippen molar-refractivity contribution in [2.24, 2.45) is 0 Å². The minimum absolute atomic E-state index is 0.562. The maximum absolute atomic E-state index is 5.01. The molecular weight excluding hydrogens is 566 g/mol. The van der Waals surface area contributed by atoms with E-state index in [1.165, 1.54) is 12.7 Å². The van der Waals surface area contributed by atoms with Gasteiger partial charge in [0.25, 0.3) is 0 Å². The van der Waals surface area contributed by atoms with Crippen LogP contribution in [0.5, 0.6) is 0 Å². The molecule has 5 aromatic heterocycles. The predicted molar refractivity (Wildman–Crippen MR) is 183 cm³/mol. The smallest absolute Gasteiger partial charge is 0.181 e. The predicted octanol–water partition coefficient (Wildman–Crippen LogP) is 8.73. The second kappa shape index (κ2) is 10.6. The second-order valence-electron chi connectivity index (χ2n) is 11.1. The van der Waals surface area contributed by atoms with Crippen molar-refractivity contribution in [1.82, 2.24) is 34.9 Å². The third kappa shape index (κ3) is 4.50. The molecule has 0 unspecified atom stereocenters. The molecule has 0 aliphatic heterocycles. The van der Waals surface area contributed by atoms with E-state index in [1.54, 1.807) is 0 Å². The van der Waals surface area contributed by atoms with Crippen LogP contribution in [0.25, 0.3) is 88.6 Å². The van der Waals surface area contributed by atoms with Crippen LogP contribution in [-0.2, 0) is 0 Å². The first-order valence-corrected chi connectivity index (χ1v) is 14.9. The summed E-state index contributed by atoms with van der Waals surface area (Å²) in [5.41, 5.74) is 10.9. The van der Waals surface area contributed by atoms with E-state index in [2.05, 4.69) is 122 Å². The normalized spacial score (nSPS) is 11.5. The summed E-state index contributed by atoms with van der Waals surface area (Å²) >= 11 is 0. The summed E-state index contributed by atoms with van der Waals surface area (Å²) in [5, 5.41) is 4.32. The molecule has 0 bridgehead atoms. The number of rotatable bonds is 4. The van der Waals surface area contributed by atoms with E-state index in [-0.39, 0.29) is 0 Å². The lowest BCUT2D eigenvalue weighted by Crippen LogP contribution is -1.92. The number of hydrogen-bond acceptors (Lipinski definition) is 7. The average Bonchev–Trinajstić information content (AvgIpc) is 3.14. The van der Waals surface area contributed by atoms with Crippen LogP contribution >= 0.6 is 0 Å². The summed E-state index contributed by atoms with van der Waals surface area (Å²) in [6.07, 6.45) is 6.65. The molecule has 4 aromatic carbocycles. The third-order valence-corrected chi connectivity index (χ3v) is 8.41. The largest absolute Gasteiger partial charge is 0.254 e. The van der Waals surface area contributed by atoms with Crippen molar-refractivity contribution >= 4 is 43.6 Å². The molecule has 9 aromatic rings. The fourth-order valence-electron chi connectivity index (χ4n) is 6.09. The molecular formula is C39H23N7. The molecule has 7 nitrogen and oxygen atoms in total. The van der Waals surface area contributed by atoms with Gasteiger partial charge in [0, 0.05) is 39.5 Å². The van der Waals surface area contributed by atoms with Crippen molar-refractivity contribution in [3.05, 3.63) is 140 Å². The lowest BCUT2D eigenvalue weighted by molar-refractivity contribution is 1.05. The van der Waals surface area contributed by atoms with Crippen molar-refractivity contribution in [1.29, 1.82) is 0 Å². The molecule has 0 aliphatic carbocycles. The number of hydrogen-bond donors (Lipinski definition) is 0. The Morgan fingerprint density at radius 2 is 1.04 bits per heavy atom. The van der Waals surface area contributed by atoms with Gasteiger partial charge < -0.3 is 0 Å². The molecule has 0 fully saturated rings. The number of aromatic nitrogens is 7. The lowest BCUT2D eigenvalue weighted by atomic mass is 9.98. The monoisotopic (exact) mass is 589 g/mol. The molecule has 0 radical (unpaired) electrons. The van der Waals surface area contributed by atoms with Gasteiger partial charge in [-0.25, -0.2) is 24.9 Å². The molecule has 0 N–H and O–H groups in total. The van der Waals surface area contributed by atoms with Crippen LogP contribution in [0.1, 0.15) is 0 Å². The summed E-state index contributed by atoms with van der Waals surface area (Å²) in [7, 11) is 0. The van der Waals surface area contributed by atoms with Gasteiger partial charge in [0.2, 0.25) is 0 Å². The van der Waals surface area contributed by atoms with Crippen molar-refractivity contribution in [3.63, 3.8) is 0 Å². The Hall–Kier alpha value is -6.47. The molecule has 0 saturated heterocycles. The standard InChI is InChI=1S/C39H23N7/c1-2-26-7-12-32-31(17-19-42-38(32)37(26)41-18-1)24-3-5-25(6-4-24)33-15-10-29-20-27(8-13-34(29)45-33)28-9-14-35-30(21-28)11-16-36(46-35)39-43-22-40-23-44-39/h1-23H. The van der Waals surface area contributed by atoms with Gasteiger partial charge in [0.05, 0.1) is 27.8 Å². The summed E-state index contributed by atoms with van der Waals surface area (Å²) in [4.78, 5) is 31.3. The van der Waals surface area contributed by atoms with Crippen LogP contribution in [-0.4, -0.2) is 34.9 Å². The van der Waals surface area contributed by atoms with E-state index in [9.17, 15) is 0 Å². The van der Waals surface area contributed by atoms with Gasteiger partial charge >= 0.3 is 0 Å². The maximum atomic E-state index is 5.01. The fourth-order valence-corrected chi connectivity index (χ4v) is 6.09.